The maximum absolute atomic E-state index is 14.7. The van der Waals surface area contributed by atoms with E-state index in [9.17, 15) is 36.9 Å². The second-order valence-corrected chi connectivity index (χ2v) is 20.6. The lowest BCUT2D eigenvalue weighted by Crippen LogP contribution is -2.11. The Hall–Kier alpha value is -12.0. The number of fused-ring (bicyclic) bond motifs is 6. The van der Waals surface area contributed by atoms with E-state index in [4.69, 9.17) is 19.7 Å². The molecule has 406 valence electrons. The molecule has 0 N–H and O–H groups in total. The standard InChI is InChI=1S/C73H37F6N7/c1-82-57-21-12-47(13-22-57)51-18-28-66-62(36-51)63-37-52(48-14-23-58(83-2)24-15-48)19-29-67(63)85(66)70-30-20-53(54-32-55(72(74,75)76)39-56(33-54)73(77,78)79)38-64(70)65-40-59(84-3)25-31-71(65)86-68-26-16-49(45-8-4-43(41-80)5-9-45)34-60(68)61-35-50(17-27-69(61)86)46-10-6-44(42-81)7-11-46/h4-40H. The first-order valence-corrected chi connectivity index (χ1v) is 26.7. The molecule has 0 fully saturated rings. The highest BCUT2D eigenvalue weighted by atomic mass is 19.4. The lowest BCUT2D eigenvalue weighted by molar-refractivity contribution is -0.143. The SMILES string of the molecule is [C-]#[N+]c1ccc(-c2ccc3c(c2)c2cc(-c4ccc([N+]#[C-])cc4)ccc2n3-c2ccc(-c3cc(C(F)(F)F)cc(C(F)(F)F)c3)cc2-c2cc([N+]#[C-])ccc2-n2c3ccc(-c4ccc(C#N)cc4)cc3c3cc(-c4ccc(C#N)cc4)ccc32)cc1. The summed E-state index contributed by atoms with van der Waals surface area (Å²) in [5, 5.41) is 22.5. The number of hydrogen-bond donors (Lipinski definition) is 0. The van der Waals surface area contributed by atoms with E-state index in [1.165, 1.54) is 6.07 Å². The van der Waals surface area contributed by atoms with Crippen molar-refractivity contribution < 1.29 is 26.3 Å². The zero-order chi connectivity index (χ0) is 59.6. The van der Waals surface area contributed by atoms with E-state index in [1.54, 1.807) is 78.9 Å². The van der Waals surface area contributed by atoms with Crippen molar-refractivity contribution in [2.45, 2.75) is 12.4 Å². The van der Waals surface area contributed by atoms with Crippen LogP contribution in [0.4, 0.5) is 43.4 Å². The van der Waals surface area contributed by atoms with Gasteiger partial charge in [-0.3, -0.25) is 0 Å². The molecule has 2 aromatic heterocycles. The summed E-state index contributed by atoms with van der Waals surface area (Å²) in [6.45, 7) is 23.5. The predicted octanol–water partition coefficient (Wildman–Crippen LogP) is 21.3. The minimum Gasteiger partial charge on any atom is -0.309 e. The van der Waals surface area contributed by atoms with Gasteiger partial charge in [0.25, 0.3) is 0 Å². The average molecular weight is 1130 g/mol. The van der Waals surface area contributed by atoms with E-state index in [1.807, 2.05) is 118 Å². The first kappa shape index (κ1) is 53.4. The van der Waals surface area contributed by atoms with Crippen molar-refractivity contribution in [3.63, 3.8) is 0 Å². The van der Waals surface area contributed by atoms with Crippen LogP contribution >= 0.6 is 0 Å². The van der Waals surface area contributed by atoms with Crippen LogP contribution in [0.3, 0.4) is 0 Å². The van der Waals surface area contributed by atoms with Gasteiger partial charge in [-0.2, -0.15) is 36.9 Å². The molecule has 0 unspecified atom stereocenters. The number of alkyl halides is 6. The first-order chi connectivity index (χ1) is 41.6. The van der Waals surface area contributed by atoms with Crippen LogP contribution in [-0.2, 0) is 12.4 Å². The Morgan fingerprint density at radius 1 is 0.302 bits per heavy atom. The second kappa shape index (κ2) is 20.8. The van der Waals surface area contributed by atoms with Crippen molar-refractivity contribution in [1.29, 1.82) is 10.5 Å². The Kier molecular flexibility index (Phi) is 12.9. The largest absolute Gasteiger partial charge is 0.416 e. The van der Waals surface area contributed by atoms with Crippen LogP contribution in [0.15, 0.2) is 224 Å². The molecule has 13 heteroatoms. The molecule has 0 saturated heterocycles. The number of rotatable bonds is 8. The Morgan fingerprint density at radius 2 is 0.593 bits per heavy atom. The normalized spacial score (nSPS) is 11.5. The van der Waals surface area contributed by atoms with Crippen LogP contribution in [0, 0.1) is 42.4 Å². The Labute approximate surface area is 488 Å². The molecule has 7 nitrogen and oxygen atoms in total. The van der Waals surface area contributed by atoms with Gasteiger partial charge in [-0.1, -0.05) is 109 Å². The molecule has 86 heavy (non-hydrogen) atoms. The topological polar surface area (TPSA) is 70.5 Å². The molecule has 13 aromatic rings. The number of aromatic nitrogens is 2. The Balaban J connectivity index is 1.12. The van der Waals surface area contributed by atoms with E-state index in [0.29, 0.717) is 68.2 Å². The van der Waals surface area contributed by atoms with Gasteiger partial charge in [-0.05, 0) is 176 Å². The fourth-order valence-electron chi connectivity index (χ4n) is 11.5. The fraction of sp³-hybridized carbons (Fsp3) is 0.0274. The highest BCUT2D eigenvalue weighted by Crippen LogP contribution is 2.47. The zero-order valence-corrected chi connectivity index (χ0v) is 44.8. The molecule has 0 atom stereocenters. The summed E-state index contributed by atoms with van der Waals surface area (Å²) < 4.78 is 92.2. The maximum atomic E-state index is 14.7. The highest BCUT2D eigenvalue weighted by Gasteiger charge is 2.37. The van der Waals surface area contributed by atoms with E-state index >= 15 is 0 Å². The minimum absolute atomic E-state index is 0.0388. The van der Waals surface area contributed by atoms with Gasteiger partial charge in [0.05, 0.1) is 87.6 Å². The van der Waals surface area contributed by atoms with Crippen LogP contribution in [0.1, 0.15) is 22.3 Å². The van der Waals surface area contributed by atoms with E-state index in [-0.39, 0.29) is 22.9 Å². The van der Waals surface area contributed by atoms with Crippen LogP contribution in [0.5, 0.6) is 0 Å². The molecular formula is C73H37F6N7. The molecule has 0 amide bonds. The van der Waals surface area contributed by atoms with Gasteiger partial charge in [0, 0.05) is 27.1 Å². The molecule has 0 saturated carbocycles. The molecule has 0 aliphatic rings. The first-order valence-electron chi connectivity index (χ1n) is 26.7. The lowest BCUT2D eigenvalue weighted by atomic mass is 9.93. The van der Waals surface area contributed by atoms with Crippen LogP contribution in [0.2, 0.25) is 0 Å². The molecular weight excluding hydrogens is 1090 g/mol. The summed E-state index contributed by atoms with van der Waals surface area (Å²) >= 11 is 0. The van der Waals surface area contributed by atoms with Gasteiger partial charge < -0.3 is 9.13 Å². The third kappa shape index (κ3) is 9.46. The predicted molar refractivity (Wildman–Crippen MR) is 326 cm³/mol. The van der Waals surface area contributed by atoms with E-state index in [0.717, 1.165) is 77.1 Å². The molecule has 0 aliphatic carbocycles. The third-order valence-corrected chi connectivity index (χ3v) is 15.7. The van der Waals surface area contributed by atoms with Crippen molar-refractivity contribution in [1.82, 2.24) is 9.13 Å². The summed E-state index contributed by atoms with van der Waals surface area (Å²) in [5.41, 5.74) is 10.3. The van der Waals surface area contributed by atoms with Crippen molar-refractivity contribution >= 4 is 60.7 Å². The Morgan fingerprint density at radius 3 is 0.930 bits per heavy atom. The quantitative estimate of drug-likeness (QED) is 0.112. The number of nitrogens with zero attached hydrogens (tertiary/aromatic N) is 7. The van der Waals surface area contributed by atoms with Crippen LogP contribution in [-0.4, -0.2) is 9.13 Å². The molecule has 11 aromatic carbocycles. The lowest BCUT2D eigenvalue weighted by Gasteiger charge is -2.21. The van der Waals surface area contributed by atoms with Gasteiger partial charge in [0.15, 0.2) is 17.1 Å². The Bertz CT molecular complexity index is 4910. The summed E-state index contributed by atoms with van der Waals surface area (Å²) in [6, 6.07) is 68.6. The van der Waals surface area contributed by atoms with Crippen molar-refractivity contribution in [2.75, 3.05) is 0 Å². The van der Waals surface area contributed by atoms with Gasteiger partial charge in [0.2, 0.25) is 0 Å². The summed E-state index contributed by atoms with van der Waals surface area (Å²) in [7, 11) is 0. The molecule has 0 spiro atoms. The van der Waals surface area contributed by atoms with Crippen molar-refractivity contribution in [2.24, 2.45) is 0 Å². The molecule has 2 heterocycles. The average Bonchev–Trinajstić information content (AvgIpc) is 1.65. The smallest absolute Gasteiger partial charge is 0.309 e. The van der Waals surface area contributed by atoms with E-state index in [2.05, 4.69) is 38.8 Å². The van der Waals surface area contributed by atoms with Gasteiger partial charge >= 0.3 is 12.4 Å². The third-order valence-electron chi connectivity index (χ3n) is 15.7. The van der Waals surface area contributed by atoms with Gasteiger partial charge in [0.1, 0.15) is 0 Å². The van der Waals surface area contributed by atoms with Crippen molar-refractivity contribution in [3.05, 3.63) is 281 Å². The van der Waals surface area contributed by atoms with Crippen LogP contribution in [0.25, 0.3) is 136 Å². The number of hydrogen-bond acceptors (Lipinski definition) is 2. The number of nitriles is 2. The van der Waals surface area contributed by atoms with Gasteiger partial charge in [-0.25, -0.2) is 14.5 Å². The van der Waals surface area contributed by atoms with Crippen molar-refractivity contribution in [3.8, 4) is 90.3 Å². The zero-order valence-electron chi connectivity index (χ0n) is 44.8. The summed E-state index contributed by atoms with van der Waals surface area (Å²) in [5.74, 6) is 0. The van der Waals surface area contributed by atoms with Gasteiger partial charge in [-0.15, -0.1) is 0 Å². The monoisotopic (exact) mass is 1130 g/mol. The number of halogens is 6. The molecule has 13 rings (SSSR count). The highest BCUT2D eigenvalue weighted by molar-refractivity contribution is 6.14. The minimum atomic E-state index is -5.13. The van der Waals surface area contributed by atoms with E-state index < -0.39 is 23.5 Å². The fourth-order valence-corrected chi connectivity index (χ4v) is 11.5. The summed E-state index contributed by atoms with van der Waals surface area (Å²) in [4.78, 5) is 11.0. The molecule has 0 aliphatic heterocycles. The second-order valence-electron chi connectivity index (χ2n) is 20.6. The van der Waals surface area contributed by atoms with Crippen LogP contribution < -0.4 is 0 Å². The maximum Gasteiger partial charge on any atom is 0.416 e. The molecule has 0 bridgehead atoms. The summed E-state index contributed by atoms with van der Waals surface area (Å²) in [6.07, 6.45) is -10.3. The molecule has 0 radical (unpaired) electrons. The number of benzene rings is 11.